The number of tetrazole rings is 1. The molecule has 0 spiro atoms. The molecule has 1 N–H and O–H groups in total. The zero-order chi connectivity index (χ0) is 14.9. The lowest BCUT2D eigenvalue weighted by molar-refractivity contribution is -0.137. The van der Waals surface area contributed by atoms with Gasteiger partial charge in [0.2, 0.25) is 5.82 Å². The van der Waals surface area contributed by atoms with E-state index in [-0.39, 0.29) is 0 Å². The number of aromatic nitrogens is 4. The second-order valence-electron chi connectivity index (χ2n) is 4.36. The average molecular weight is 290 g/mol. The molecule has 0 amide bonds. The Labute approximate surface area is 117 Å². The van der Waals surface area contributed by atoms with Crippen LogP contribution in [0.1, 0.15) is 5.56 Å². The summed E-state index contributed by atoms with van der Waals surface area (Å²) in [4.78, 5) is 0. The second kappa shape index (κ2) is 5.01. The molecule has 0 aliphatic heterocycles. The summed E-state index contributed by atoms with van der Waals surface area (Å²) in [7, 11) is 0. The number of benzene rings is 2. The van der Waals surface area contributed by atoms with Crippen molar-refractivity contribution in [3.8, 4) is 22.5 Å². The van der Waals surface area contributed by atoms with Gasteiger partial charge >= 0.3 is 6.18 Å². The maximum absolute atomic E-state index is 12.8. The summed E-state index contributed by atoms with van der Waals surface area (Å²) in [6, 6.07) is 12.1. The molecule has 21 heavy (non-hydrogen) atoms. The lowest BCUT2D eigenvalue weighted by Crippen LogP contribution is -2.04. The molecule has 0 unspecified atom stereocenters. The standard InChI is InChI=1S/C14H9F3N4/c15-14(16,17)10-5-3-4-9(8-10)11-6-1-2-7-12(11)13-18-20-21-19-13/h1-8H,(H,18,19,20,21). The Morgan fingerprint density at radius 1 is 0.905 bits per heavy atom. The summed E-state index contributed by atoms with van der Waals surface area (Å²) in [5.74, 6) is 0.336. The molecule has 1 aromatic heterocycles. The molecule has 0 atom stereocenters. The Balaban J connectivity index is 2.14. The van der Waals surface area contributed by atoms with Gasteiger partial charge < -0.3 is 0 Å². The zero-order valence-corrected chi connectivity index (χ0v) is 10.6. The minimum Gasteiger partial charge on any atom is -0.177 e. The SMILES string of the molecule is FC(F)(F)c1cccc(-c2ccccc2-c2nn[nH]n2)c1. The van der Waals surface area contributed by atoms with Crippen molar-refractivity contribution < 1.29 is 13.2 Å². The van der Waals surface area contributed by atoms with Crippen LogP contribution < -0.4 is 0 Å². The molecule has 0 saturated carbocycles. The van der Waals surface area contributed by atoms with E-state index in [0.717, 1.165) is 12.1 Å². The summed E-state index contributed by atoms with van der Waals surface area (Å²) >= 11 is 0. The highest BCUT2D eigenvalue weighted by Crippen LogP contribution is 2.34. The van der Waals surface area contributed by atoms with E-state index in [1.54, 1.807) is 30.3 Å². The maximum Gasteiger partial charge on any atom is 0.416 e. The first-order valence-electron chi connectivity index (χ1n) is 6.06. The number of H-pyrrole nitrogens is 1. The van der Waals surface area contributed by atoms with Crippen LogP contribution in [0.5, 0.6) is 0 Å². The van der Waals surface area contributed by atoms with Gasteiger partial charge in [-0.2, -0.15) is 18.4 Å². The molecule has 0 aliphatic carbocycles. The van der Waals surface area contributed by atoms with Crippen LogP contribution in [0.3, 0.4) is 0 Å². The quantitative estimate of drug-likeness (QED) is 0.785. The summed E-state index contributed by atoms with van der Waals surface area (Å²) in [5, 5.41) is 13.6. The van der Waals surface area contributed by atoms with E-state index in [9.17, 15) is 13.2 Å². The van der Waals surface area contributed by atoms with Gasteiger partial charge in [0.1, 0.15) is 0 Å². The molecule has 2 aromatic carbocycles. The maximum atomic E-state index is 12.8. The predicted octanol–water partition coefficient (Wildman–Crippen LogP) is 3.55. The van der Waals surface area contributed by atoms with Crippen LogP contribution >= 0.6 is 0 Å². The molecule has 106 valence electrons. The average Bonchev–Trinajstić information content (AvgIpc) is 3.01. The minimum atomic E-state index is -4.38. The molecule has 0 fully saturated rings. The number of nitrogens with one attached hydrogen (secondary N) is 1. The minimum absolute atomic E-state index is 0.336. The Hall–Kier alpha value is -2.70. The first-order valence-corrected chi connectivity index (χ1v) is 6.06. The van der Waals surface area contributed by atoms with Gasteiger partial charge in [-0.3, -0.25) is 0 Å². The van der Waals surface area contributed by atoms with E-state index in [0.29, 0.717) is 22.5 Å². The van der Waals surface area contributed by atoms with Crippen molar-refractivity contribution in [2.45, 2.75) is 6.18 Å². The van der Waals surface area contributed by atoms with Gasteiger partial charge in [-0.15, -0.1) is 10.2 Å². The van der Waals surface area contributed by atoms with Crippen LogP contribution in [-0.4, -0.2) is 20.6 Å². The fraction of sp³-hybridized carbons (Fsp3) is 0.0714. The van der Waals surface area contributed by atoms with Crippen molar-refractivity contribution in [3.63, 3.8) is 0 Å². The van der Waals surface area contributed by atoms with E-state index in [1.165, 1.54) is 6.07 Å². The van der Waals surface area contributed by atoms with Gasteiger partial charge in [-0.1, -0.05) is 36.4 Å². The van der Waals surface area contributed by atoms with Crippen molar-refractivity contribution in [3.05, 3.63) is 54.1 Å². The highest BCUT2D eigenvalue weighted by atomic mass is 19.4. The van der Waals surface area contributed by atoms with Gasteiger partial charge in [0.05, 0.1) is 5.56 Å². The molecule has 3 aromatic rings. The number of nitrogens with zero attached hydrogens (tertiary/aromatic N) is 3. The third-order valence-electron chi connectivity index (χ3n) is 3.01. The fourth-order valence-corrected chi connectivity index (χ4v) is 2.07. The van der Waals surface area contributed by atoms with Crippen molar-refractivity contribution in [2.75, 3.05) is 0 Å². The molecular weight excluding hydrogens is 281 g/mol. The summed E-state index contributed by atoms with van der Waals surface area (Å²) < 4.78 is 38.5. The van der Waals surface area contributed by atoms with Crippen molar-refractivity contribution >= 4 is 0 Å². The Kier molecular flexibility index (Phi) is 3.17. The number of hydrogen-bond acceptors (Lipinski definition) is 3. The van der Waals surface area contributed by atoms with E-state index >= 15 is 0 Å². The molecule has 0 aliphatic rings. The Morgan fingerprint density at radius 3 is 2.33 bits per heavy atom. The van der Waals surface area contributed by atoms with Crippen LogP contribution in [0.25, 0.3) is 22.5 Å². The first kappa shape index (κ1) is 13.3. The molecule has 1 heterocycles. The summed E-state index contributed by atoms with van der Waals surface area (Å²) in [6.45, 7) is 0. The van der Waals surface area contributed by atoms with Crippen LogP contribution in [0.15, 0.2) is 48.5 Å². The van der Waals surface area contributed by atoms with Crippen LogP contribution in [0, 0.1) is 0 Å². The van der Waals surface area contributed by atoms with Gasteiger partial charge in [0, 0.05) is 5.56 Å². The Morgan fingerprint density at radius 2 is 1.67 bits per heavy atom. The van der Waals surface area contributed by atoms with Crippen LogP contribution in [-0.2, 0) is 6.18 Å². The molecule has 0 saturated heterocycles. The Bertz CT molecular complexity index is 751. The topological polar surface area (TPSA) is 54.5 Å². The number of hydrogen-bond donors (Lipinski definition) is 1. The third kappa shape index (κ3) is 2.62. The molecule has 0 radical (unpaired) electrons. The summed E-state index contributed by atoms with van der Waals surface area (Å²) in [5.41, 5.74) is 0.990. The van der Waals surface area contributed by atoms with Crippen molar-refractivity contribution in [1.29, 1.82) is 0 Å². The van der Waals surface area contributed by atoms with Gasteiger partial charge in [0.25, 0.3) is 0 Å². The van der Waals surface area contributed by atoms with Crippen LogP contribution in [0.4, 0.5) is 13.2 Å². The predicted molar refractivity (Wildman–Crippen MR) is 70.1 cm³/mol. The monoisotopic (exact) mass is 290 g/mol. The number of aromatic amines is 1. The van der Waals surface area contributed by atoms with Gasteiger partial charge in [-0.25, -0.2) is 0 Å². The molecular formula is C14H9F3N4. The first-order chi connectivity index (χ1) is 10.1. The van der Waals surface area contributed by atoms with Gasteiger partial charge in [0.15, 0.2) is 0 Å². The fourth-order valence-electron chi connectivity index (χ4n) is 2.07. The summed E-state index contributed by atoms with van der Waals surface area (Å²) in [6.07, 6.45) is -4.38. The highest BCUT2D eigenvalue weighted by molar-refractivity contribution is 5.80. The zero-order valence-electron chi connectivity index (χ0n) is 10.6. The van der Waals surface area contributed by atoms with E-state index < -0.39 is 11.7 Å². The van der Waals surface area contributed by atoms with Crippen molar-refractivity contribution in [2.24, 2.45) is 0 Å². The molecule has 0 bridgehead atoms. The molecule has 7 heteroatoms. The number of halogens is 3. The number of rotatable bonds is 2. The second-order valence-corrected chi connectivity index (χ2v) is 4.36. The number of alkyl halides is 3. The largest absolute Gasteiger partial charge is 0.416 e. The third-order valence-corrected chi connectivity index (χ3v) is 3.01. The smallest absolute Gasteiger partial charge is 0.177 e. The van der Waals surface area contributed by atoms with E-state index in [2.05, 4.69) is 20.6 Å². The molecule has 3 rings (SSSR count). The highest BCUT2D eigenvalue weighted by Gasteiger charge is 2.30. The van der Waals surface area contributed by atoms with E-state index in [1.807, 2.05) is 0 Å². The van der Waals surface area contributed by atoms with Gasteiger partial charge in [-0.05, 0) is 28.5 Å². The van der Waals surface area contributed by atoms with E-state index in [4.69, 9.17) is 0 Å². The lowest BCUT2D eigenvalue weighted by atomic mass is 9.97. The molecule has 4 nitrogen and oxygen atoms in total. The van der Waals surface area contributed by atoms with Crippen LogP contribution in [0.2, 0.25) is 0 Å². The lowest BCUT2D eigenvalue weighted by Gasteiger charge is -2.10. The normalized spacial score (nSPS) is 11.6. The van der Waals surface area contributed by atoms with Crippen molar-refractivity contribution in [1.82, 2.24) is 20.6 Å².